The van der Waals surface area contributed by atoms with Gasteiger partial charge in [-0.3, -0.25) is 0 Å². The average molecular weight is 321 g/mol. The van der Waals surface area contributed by atoms with Crippen molar-refractivity contribution < 1.29 is 27.1 Å². The van der Waals surface area contributed by atoms with E-state index >= 15 is 0 Å². The molecule has 0 radical (unpaired) electrons. The van der Waals surface area contributed by atoms with E-state index in [1.807, 2.05) is 0 Å². The van der Waals surface area contributed by atoms with Crippen LogP contribution in [0.4, 0.5) is 8.78 Å². The molecule has 118 valence electrons. The summed E-state index contributed by atoms with van der Waals surface area (Å²) in [5.74, 6) is -4.75. The standard InChI is InChI=1S/C13H17F2NO4S/c1-4-7-16(8(2)3)21(19,20)10-6-5-9(14)11(12(10)15)13(17)18/h5-6,8H,4,7H2,1-3H3,(H,17,18). The van der Waals surface area contributed by atoms with Crippen molar-refractivity contribution in [1.82, 2.24) is 4.31 Å². The van der Waals surface area contributed by atoms with Gasteiger partial charge < -0.3 is 5.11 Å². The predicted octanol–water partition coefficient (Wildman–Crippen LogP) is 2.47. The van der Waals surface area contributed by atoms with Crippen molar-refractivity contribution >= 4 is 16.0 Å². The normalized spacial score (nSPS) is 12.1. The van der Waals surface area contributed by atoms with Crippen LogP contribution in [0.3, 0.4) is 0 Å². The molecular formula is C13H17F2NO4S. The van der Waals surface area contributed by atoms with Crippen molar-refractivity contribution in [3.63, 3.8) is 0 Å². The Morgan fingerprint density at radius 3 is 2.33 bits per heavy atom. The number of carbonyl (C=O) groups is 1. The van der Waals surface area contributed by atoms with Gasteiger partial charge in [-0.05, 0) is 32.4 Å². The number of hydrogen-bond donors (Lipinski definition) is 1. The fourth-order valence-electron chi connectivity index (χ4n) is 1.93. The summed E-state index contributed by atoms with van der Waals surface area (Å²) in [5, 5.41) is 8.80. The van der Waals surface area contributed by atoms with Crippen LogP contribution in [0.5, 0.6) is 0 Å². The zero-order chi connectivity index (χ0) is 16.4. The van der Waals surface area contributed by atoms with E-state index in [-0.39, 0.29) is 6.54 Å². The molecule has 0 saturated heterocycles. The van der Waals surface area contributed by atoms with Crippen LogP contribution in [0.25, 0.3) is 0 Å². The molecular weight excluding hydrogens is 304 g/mol. The third-order valence-electron chi connectivity index (χ3n) is 2.88. The molecule has 5 nitrogen and oxygen atoms in total. The molecule has 0 spiro atoms. The molecule has 0 bridgehead atoms. The second kappa shape index (κ2) is 6.48. The lowest BCUT2D eigenvalue weighted by Gasteiger charge is -2.25. The molecule has 8 heteroatoms. The lowest BCUT2D eigenvalue weighted by atomic mass is 10.2. The summed E-state index contributed by atoms with van der Waals surface area (Å²) >= 11 is 0. The van der Waals surface area contributed by atoms with Crippen molar-refractivity contribution in [1.29, 1.82) is 0 Å². The Hall–Kier alpha value is -1.54. The summed E-state index contributed by atoms with van der Waals surface area (Å²) in [6, 6.07) is 0.953. The third kappa shape index (κ3) is 3.38. The number of nitrogens with zero attached hydrogens (tertiary/aromatic N) is 1. The second-order valence-corrected chi connectivity index (χ2v) is 6.61. The van der Waals surface area contributed by atoms with E-state index in [0.29, 0.717) is 12.5 Å². The molecule has 1 N–H and O–H groups in total. The Bertz CT molecular complexity index is 644. The fourth-order valence-corrected chi connectivity index (χ4v) is 3.73. The quantitative estimate of drug-likeness (QED) is 0.873. The zero-order valence-electron chi connectivity index (χ0n) is 11.9. The smallest absolute Gasteiger partial charge is 0.341 e. The Balaban J connectivity index is 3.52. The molecule has 0 saturated carbocycles. The topological polar surface area (TPSA) is 74.7 Å². The number of carboxylic acid groups (broad SMARTS) is 1. The Kier molecular flexibility index (Phi) is 5.41. The maximum atomic E-state index is 14.1. The van der Waals surface area contributed by atoms with E-state index in [9.17, 15) is 22.0 Å². The van der Waals surface area contributed by atoms with Crippen LogP contribution < -0.4 is 0 Å². The van der Waals surface area contributed by atoms with Gasteiger partial charge in [0, 0.05) is 12.6 Å². The van der Waals surface area contributed by atoms with Crippen LogP contribution in [0, 0.1) is 11.6 Å². The highest BCUT2D eigenvalue weighted by Crippen LogP contribution is 2.25. The van der Waals surface area contributed by atoms with Gasteiger partial charge >= 0.3 is 5.97 Å². The van der Waals surface area contributed by atoms with E-state index in [1.165, 1.54) is 0 Å². The first kappa shape index (κ1) is 17.5. The highest BCUT2D eigenvalue weighted by molar-refractivity contribution is 7.89. The lowest BCUT2D eigenvalue weighted by molar-refractivity contribution is 0.0685. The fraction of sp³-hybridized carbons (Fsp3) is 0.462. The largest absolute Gasteiger partial charge is 0.477 e. The number of sulfonamides is 1. The van der Waals surface area contributed by atoms with Gasteiger partial charge in [0.1, 0.15) is 16.3 Å². The Morgan fingerprint density at radius 2 is 1.90 bits per heavy atom. The summed E-state index contributed by atoms with van der Waals surface area (Å²) in [4.78, 5) is 10.0. The molecule has 0 aromatic heterocycles. The molecule has 0 fully saturated rings. The number of halogens is 2. The molecule has 0 aliphatic rings. The molecule has 21 heavy (non-hydrogen) atoms. The van der Waals surface area contributed by atoms with Gasteiger partial charge in [-0.1, -0.05) is 6.92 Å². The molecule has 0 aliphatic carbocycles. The van der Waals surface area contributed by atoms with Gasteiger partial charge in [-0.15, -0.1) is 0 Å². The van der Waals surface area contributed by atoms with Crippen LogP contribution in [0.15, 0.2) is 17.0 Å². The number of aromatic carboxylic acids is 1. The summed E-state index contributed by atoms with van der Waals surface area (Å²) < 4.78 is 53.4. The minimum absolute atomic E-state index is 0.152. The number of hydrogen-bond acceptors (Lipinski definition) is 3. The molecule has 0 atom stereocenters. The highest BCUT2D eigenvalue weighted by atomic mass is 32.2. The summed E-state index contributed by atoms with van der Waals surface area (Å²) in [5.41, 5.74) is -1.27. The number of carboxylic acids is 1. The van der Waals surface area contributed by atoms with E-state index in [0.717, 1.165) is 10.4 Å². The first-order valence-electron chi connectivity index (χ1n) is 6.37. The van der Waals surface area contributed by atoms with Crippen LogP contribution in [0.1, 0.15) is 37.6 Å². The van der Waals surface area contributed by atoms with Crippen LogP contribution >= 0.6 is 0 Å². The number of rotatable bonds is 6. The van der Waals surface area contributed by atoms with Crippen LogP contribution in [0.2, 0.25) is 0 Å². The molecule has 0 amide bonds. The molecule has 1 aromatic carbocycles. The monoisotopic (exact) mass is 321 g/mol. The van der Waals surface area contributed by atoms with Gasteiger partial charge in [0.15, 0.2) is 5.82 Å². The van der Waals surface area contributed by atoms with Gasteiger partial charge in [-0.2, -0.15) is 4.31 Å². The maximum Gasteiger partial charge on any atom is 0.341 e. The Labute approximate surface area is 122 Å². The van der Waals surface area contributed by atoms with Gasteiger partial charge in [0.05, 0.1) is 0 Å². The SMILES string of the molecule is CCCN(C(C)C)S(=O)(=O)c1ccc(F)c(C(=O)O)c1F. The summed E-state index contributed by atoms with van der Waals surface area (Å²) in [7, 11) is -4.24. The average Bonchev–Trinajstić information content (AvgIpc) is 2.34. The van der Waals surface area contributed by atoms with Gasteiger partial charge in [-0.25, -0.2) is 22.0 Å². The molecule has 0 unspecified atom stereocenters. The first-order chi connectivity index (χ1) is 9.64. The second-order valence-electron chi connectivity index (χ2n) is 4.75. The van der Waals surface area contributed by atoms with Gasteiger partial charge in [0.25, 0.3) is 0 Å². The third-order valence-corrected chi connectivity index (χ3v) is 4.97. The summed E-state index contributed by atoms with van der Waals surface area (Å²) in [6.45, 7) is 5.15. The first-order valence-corrected chi connectivity index (χ1v) is 7.81. The van der Waals surface area contributed by atoms with E-state index in [1.54, 1.807) is 20.8 Å². The van der Waals surface area contributed by atoms with E-state index < -0.39 is 44.1 Å². The lowest BCUT2D eigenvalue weighted by Crippen LogP contribution is -2.38. The predicted molar refractivity (Wildman–Crippen MR) is 72.6 cm³/mol. The molecule has 0 heterocycles. The van der Waals surface area contributed by atoms with Crippen molar-refractivity contribution in [3.8, 4) is 0 Å². The molecule has 1 rings (SSSR count). The van der Waals surface area contributed by atoms with Gasteiger partial charge in [0.2, 0.25) is 10.0 Å². The zero-order valence-corrected chi connectivity index (χ0v) is 12.7. The highest BCUT2D eigenvalue weighted by Gasteiger charge is 2.32. The van der Waals surface area contributed by atoms with E-state index in [2.05, 4.69) is 0 Å². The van der Waals surface area contributed by atoms with Crippen molar-refractivity contribution in [2.24, 2.45) is 0 Å². The van der Waals surface area contributed by atoms with E-state index in [4.69, 9.17) is 5.11 Å². The summed E-state index contributed by atoms with van der Waals surface area (Å²) in [6.07, 6.45) is 0.506. The minimum Gasteiger partial charge on any atom is -0.477 e. The molecule has 1 aromatic rings. The van der Waals surface area contributed by atoms with Crippen LogP contribution in [-0.2, 0) is 10.0 Å². The van der Waals surface area contributed by atoms with Crippen molar-refractivity contribution in [2.75, 3.05) is 6.54 Å². The Morgan fingerprint density at radius 1 is 1.33 bits per heavy atom. The van der Waals surface area contributed by atoms with Crippen molar-refractivity contribution in [2.45, 2.75) is 38.1 Å². The van der Waals surface area contributed by atoms with Crippen molar-refractivity contribution in [3.05, 3.63) is 29.3 Å². The van der Waals surface area contributed by atoms with Crippen LogP contribution in [-0.4, -0.2) is 36.4 Å². The maximum absolute atomic E-state index is 14.1. The minimum atomic E-state index is -4.24. The molecule has 0 aliphatic heterocycles. The number of benzene rings is 1.